The number of aromatic nitrogens is 1. The first-order valence-corrected chi connectivity index (χ1v) is 5.12. The van der Waals surface area contributed by atoms with Crippen molar-refractivity contribution < 1.29 is 18.0 Å². The lowest BCUT2D eigenvalue weighted by Crippen LogP contribution is -2.24. The second kappa shape index (κ2) is 5.65. The molecular weight excluding hydrogens is 233 g/mol. The highest BCUT2D eigenvalue weighted by atomic mass is 19.4. The maximum Gasteiger partial charge on any atom is 0.389 e. The minimum atomic E-state index is -4.29. The summed E-state index contributed by atoms with van der Waals surface area (Å²) in [6.07, 6.45) is -4.32. The minimum Gasteiger partial charge on any atom is -0.352 e. The Labute approximate surface area is 97.0 Å². The van der Waals surface area contributed by atoms with Crippen molar-refractivity contribution in [3.63, 3.8) is 0 Å². The average molecular weight is 246 g/mol. The number of halogens is 3. The number of hydrogen-bond acceptors (Lipinski definition) is 2. The maximum absolute atomic E-state index is 11.8. The molecule has 0 aliphatic rings. The maximum atomic E-state index is 11.8. The molecule has 1 aromatic rings. The van der Waals surface area contributed by atoms with Gasteiger partial charge < -0.3 is 5.32 Å². The van der Waals surface area contributed by atoms with Crippen molar-refractivity contribution in [2.45, 2.75) is 32.5 Å². The van der Waals surface area contributed by atoms with Gasteiger partial charge in [-0.3, -0.25) is 9.78 Å². The summed E-state index contributed by atoms with van der Waals surface area (Å²) in [7, 11) is 0. The van der Waals surface area contributed by atoms with Crippen LogP contribution in [0, 0.1) is 6.92 Å². The van der Waals surface area contributed by atoms with Crippen LogP contribution in [0.5, 0.6) is 0 Å². The molecule has 0 bridgehead atoms. The summed E-state index contributed by atoms with van der Waals surface area (Å²) < 4.78 is 35.5. The summed E-state index contributed by atoms with van der Waals surface area (Å²) in [6.45, 7) is 2.02. The number of carbonyl (C=O) groups excluding carboxylic acids is 1. The normalized spacial score (nSPS) is 11.3. The van der Waals surface area contributed by atoms with E-state index >= 15 is 0 Å². The summed E-state index contributed by atoms with van der Waals surface area (Å²) in [4.78, 5) is 15.1. The van der Waals surface area contributed by atoms with E-state index in [-0.39, 0.29) is 6.54 Å². The van der Waals surface area contributed by atoms with Crippen molar-refractivity contribution >= 4 is 5.91 Å². The average Bonchev–Trinajstić information content (AvgIpc) is 2.23. The molecule has 0 aliphatic heterocycles. The first-order valence-electron chi connectivity index (χ1n) is 5.12. The van der Waals surface area contributed by atoms with Crippen LogP contribution in [0.1, 0.15) is 24.1 Å². The number of alkyl halides is 3. The summed E-state index contributed by atoms with van der Waals surface area (Å²) >= 11 is 0. The molecule has 1 heterocycles. The zero-order valence-electron chi connectivity index (χ0n) is 9.34. The molecule has 0 saturated heterocycles. The lowest BCUT2D eigenvalue weighted by Gasteiger charge is -2.07. The lowest BCUT2D eigenvalue weighted by atomic mass is 10.2. The zero-order chi connectivity index (χ0) is 12.9. The molecule has 6 heteroatoms. The molecule has 17 heavy (non-hydrogen) atoms. The predicted octanol–water partition coefficient (Wildman–Crippen LogP) is 2.35. The molecule has 0 saturated carbocycles. The van der Waals surface area contributed by atoms with E-state index in [9.17, 15) is 18.0 Å². The Bertz CT molecular complexity index is 391. The summed E-state index contributed by atoms with van der Waals surface area (Å²) in [5.41, 5.74) is 1.62. The molecule has 0 spiro atoms. The first-order chi connectivity index (χ1) is 7.87. The number of hydrogen-bond donors (Lipinski definition) is 1. The Morgan fingerprint density at radius 3 is 2.76 bits per heavy atom. The molecule has 0 fully saturated rings. The van der Waals surface area contributed by atoms with Crippen molar-refractivity contribution in [2.75, 3.05) is 0 Å². The lowest BCUT2D eigenvalue weighted by molar-refractivity contribution is -0.144. The van der Waals surface area contributed by atoms with E-state index in [1.54, 1.807) is 25.3 Å². The van der Waals surface area contributed by atoms with E-state index < -0.39 is 24.9 Å². The third kappa shape index (κ3) is 5.89. The van der Waals surface area contributed by atoms with Gasteiger partial charge in [0.15, 0.2) is 0 Å². The van der Waals surface area contributed by atoms with Gasteiger partial charge in [0.1, 0.15) is 0 Å². The summed E-state index contributed by atoms with van der Waals surface area (Å²) in [6, 6.07) is 3.47. The highest BCUT2D eigenvalue weighted by Gasteiger charge is 2.27. The smallest absolute Gasteiger partial charge is 0.352 e. The van der Waals surface area contributed by atoms with Crippen LogP contribution in [-0.4, -0.2) is 17.1 Å². The van der Waals surface area contributed by atoms with E-state index in [1.807, 2.05) is 0 Å². The molecule has 0 aliphatic carbocycles. The highest BCUT2D eigenvalue weighted by molar-refractivity contribution is 5.75. The quantitative estimate of drug-likeness (QED) is 0.886. The molecule has 0 atom stereocenters. The van der Waals surface area contributed by atoms with Crippen LogP contribution in [0.3, 0.4) is 0 Å². The number of rotatable bonds is 4. The molecule has 1 rings (SSSR count). The van der Waals surface area contributed by atoms with Crippen molar-refractivity contribution in [2.24, 2.45) is 0 Å². The van der Waals surface area contributed by atoms with Gasteiger partial charge >= 0.3 is 6.18 Å². The van der Waals surface area contributed by atoms with Crippen molar-refractivity contribution in [1.29, 1.82) is 0 Å². The molecule has 0 radical (unpaired) electrons. The second-order valence-corrected chi connectivity index (χ2v) is 3.70. The third-order valence-electron chi connectivity index (χ3n) is 2.09. The monoisotopic (exact) mass is 246 g/mol. The zero-order valence-corrected chi connectivity index (χ0v) is 9.34. The summed E-state index contributed by atoms with van der Waals surface area (Å²) in [5, 5.41) is 2.43. The van der Waals surface area contributed by atoms with Gasteiger partial charge in [0.2, 0.25) is 5.91 Å². The van der Waals surface area contributed by atoms with E-state index in [2.05, 4.69) is 10.3 Å². The Hall–Kier alpha value is -1.59. The van der Waals surface area contributed by atoms with Crippen molar-refractivity contribution in [3.05, 3.63) is 29.6 Å². The first kappa shape index (κ1) is 13.5. The SMILES string of the molecule is Cc1cc(CNC(=O)CCC(F)(F)F)ccn1. The Balaban J connectivity index is 2.33. The van der Waals surface area contributed by atoms with Crippen molar-refractivity contribution in [1.82, 2.24) is 10.3 Å². The van der Waals surface area contributed by atoms with E-state index in [0.29, 0.717) is 0 Å². The molecule has 3 nitrogen and oxygen atoms in total. The van der Waals surface area contributed by atoms with Crippen LogP contribution in [-0.2, 0) is 11.3 Å². The number of nitrogens with one attached hydrogen (secondary N) is 1. The summed E-state index contributed by atoms with van der Waals surface area (Å²) in [5.74, 6) is -0.600. The molecule has 1 N–H and O–H groups in total. The number of nitrogens with zero attached hydrogens (tertiary/aromatic N) is 1. The van der Waals surface area contributed by atoms with Gasteiger partial charge in [-0.25, -0.2) is 0 Å². The van der Waals surface area contributed by atoms with Crippen LogP contribution < -0.4 is 5.32 Å². The van der Waals surface area contributed by atoms with Gasteiger partial charge in [0.25, 0.3) is 0 Å². The van der Waals surface area contributed by atoms with Crippen LogP contribution in [0.15, 0.2) is 18.3 Å². The van der Waals surface area contributed by atoms with E-state index in [1.165, 1.54) is 0 Å². The van der Waals surface area contributed by atoms with E-state index in [0.717, 1.165) is 11.3 Å². The second-order valence-electron chi connectivity index (χ2n) is 3.70. The fourth-order valence-corrected chi connectivity index (χ4v) is 1.26. The third-order valence-corrected chi connectivity index (χ3v) is 2.09. The molecule has 0 aromatic carbocycles. The van der Waals surface area contributed by atoms with Gasteiger partial charge in [-0.2, -0.15) is 13.2 Å². The molecule has 1 amide bonds. The number of aryl methyl sites for hydroxylation is 1. The van der Waals surface area contributed by atoms with Crippen LogP contribution >= 0.6 is 0 Å². The van der Waals surface area contributed by atoms with E-state index in [4.69, 9.17) is 0 Å². The standard InChI is InChI=1S/C11H13F3N2O/c1-8-6-9(3-5-15-8)7-16-10(17)2-4-11(12,13)14/h3,5-6H,2,4,7H2,1H3,(H,16,17). The fourth-order valence-electron chi connectivity index (χ4n) is 1.26. The molecule has 1 aromatic heterocycles. The highest BCUT2D eigenvalue weighted by Crippen LogP contribution is 2.20. The molecule has 94 valence electrons. The van der Waals surface area contributed by atoms with Gasteiger partial charge in [-0.15, -0.1) is 0 Å². The van der Waals surface area contributed by atoms with Gasteiger partial charge in [0, 0.05) is 24.9 Å². The minimum absolute atomic E-state index is 0.222. The number of carbonyl (C=O) groups is 1. The fraction of sp³-hybridized carbons (Fsp3) is 0.455. The van der Waals surface area contributed by atoms with Gasteiger partial charge in [-0.1, -0.05) is 0 Å². The topological polar surface area (TPSA) is 42.0 Å². The largest absolute Gasteiger partial charge is 0.389 e. The van der Waals surface area contributed by atoms with Gasteiger partial charge in [-0.05, 0) is 24.6 Å². The van der Waals surface area contributed by atoms with Crippen molar-refractivity contribution in [3.8, 4) is 0 Å². The molecular formula is C11H13F3N2O. The van der Waals surface area contributed by atoms with Crippen LogP contribution in [0.4, 0.5) is 13.2 Å². The Morgan fingerprint density at radius 2 is 2.18 bits per heavy atom. The number of amides is 1. The predicted molar refractivity (Wildman–Crippen MR) is 56.1 cm³/mol. The van der Waals surface area contributed by atoms with Crippen LogP contribution in [0.2, 0.25) is 0 Å². The van der Waals surface area contributed by atoms with Crippen LogP contribution in [0.25, 0.3) is 0 Å². The van der Waals surface area contributed by atoms with Gasteiger partial charge in [0.05, 0.1) is 6.42 Å². The number of pyridine rings is 1. The Morgan fingerprint density at radius 1 is 1.47 bits per heavy atom. The molecule has 0 unspecified atom stereocenters. The Kier molecular flexibility index (Phi) is 4.48.